The molecule has 1 heterocycles. The molecule has 0 saturated heterocycles. The second kappa shape index (κ2) is 3.21. The normalized spacial score (nSPS) is 9.50. The maximum atomic E-state index is 11.0. The Labute approximate surface area is 69.6 Å². The molecule has 1 aromatic heterocycles. The first-order valence-corrected chi connectivity index (χ1v) is 3.56. The molecule has 4 nitrogen and oxygen atoms in total. The lowest BCUT2D eigenvalue weighted by atomic mass is 10.1. The molecule has 1 rings (SSSR count). The molecule has 0 atom stereocenters. The maximum absolute atomic E-state index is 11.0. The molecule has 0 bridgehead atoms. The summed E-state index contributed by atoms with van der Waals surface area (Å²) in [5, 5.41) is 2.81. The predicted octanol–water partition coefficient (Wildman–Crippen LogP) is 0.619. The van der Waals surface area contributed by atoms with E-state index in [1.807, 2.05) is 0 Å². The monoisotopic (exact) mass is 166 g/mol. The van der Waals surface area contributed by atoms with Gasteiger partial charge in [-0.1, -0.05) is 0 Å². The summed E-state index contributed by atoms with van der Waals surface area (Å²) in [6, 6.07) is 1.29. The predicted molar refractivity (Wildman–Crippen MR) is 46.6 cm³/mol. The van der Waals surface area contributed by atoms with Crippen LogP contribution in [0.4, 0.5) is 5.69 Å². The molecule has 0 saturated carbocycles. The molecule has 0 aromatic carbocycles. The summed E-state index contributed by atoms with van der Waals surface area (Å²) >= 11 is 0. The van der Waals surface area contributed by atoms with E-state index in [0.29, 0.717) is 11.3 Å². The smallest absolute Gasteiger partial charge is 0.248 e. The van der Waals surface area contributed by atoms with Crippen LogP contribution in [0.2, 0.25) is 0 Å². The van der Waals surface area contributed by atoms with Gasteiger partial charge in [-0.05, 0) is 6.92 Å². The van der Waals surface area contributed by atoms with E-state index in [9.17, 15) is 9.59 Å². The minimum absolute atomic E-state index is 0.120. The molecule has 0 spiro atoms. The molecule has 12 heavy (non-hydrogen) atoms. The van der Waals surface area contributed by atoms with E-state index in [2.05, 4.69) is 10.3 Å². The third-order valence-corrected chi connectivity index (χ3v) is 1.57. The highest BCUT2D eigenvalue weighted by atomic mass is 16.1. The van der Waals surface area contributed by atoms with Crippen molar-refractivity contribution in [2.45, 2.75) is 6.92 Å². The molecule has 0 aliphatic rings. The zero-order valence-electron chi connectivity index (χ0n) is 6.97. The largest absolute Gasteiger partial charge is 0.386 e. The number of anilines is 1. The number of pyridine rings is 1. The van der Waals surface area contributed by atoms with E-state index in [1.54, 1.807) is 7.05 Å². The lowest BCUT2D eigenvalue weighted by Gasteiger charge is -2.03. The molecule has 64 valence electrons. The van der Waals surface area contributed by atoms with Gasteiger partial charge in [-0.3, -0.25) is 9.59 Å². The zero-order chi connectivity index (χ0) is 9.14. The summed E-state index contributed by atoms with van der Waals surface area (Å²) < 4.78 is 0. The minimum atomic E-state index is -0.265. The molecule has 0 fully saturated rings. The van der Waals surface area contributed by atoms with Crippen LogP contribution < -0.4 is 10.9 Å². The van der Waals surface area contributed by atoms with Gasteiger partial charge in [-0.2, -0.15) is 0 Å². The van der Waals surface area contributed by atoms with Crippen LogP contribution in [-0.2, 0) is 0 Å². The van der Waals surface area contributed by atoms with Crippen molar-refractivity contribution in [2.24, 2.45) is 0 Å². The van der Waals surface area contributed by atoms with E-state index in [0.717, 1.165) is 0 Å². The lowest BCUT2D eigenvalue weighted by Crippen LogP contribution is -2.10. The summed E-state index contributed by atoms with van der Waals surface area (Å²) in [6.07, 6.45) is 1.49. The van der Waals surface area contributed by atoms with Crippen LogP contribution in [-0.4, -0.2) is 17.8 Å². The van der Waals surface area contributed by atoms with Gasteiger partial charge in [0.1, 0.15) is 0 Å². The molecular formula is C8H10N2O2. The van der Waals surface area contributed by atoms with E-state index < -0.39 is 0 Å². The first-order valence-electron chi connectivity index (χ1n) is 3.56. The third-order valence-electron chi connectivity index (χ3n) is 1.57. The molecule has 0 unspecified atom stereocenters. The van der Waals surface area contributed by atoms with Gasteiger partial charge in [0.05, 0.1) is 5.69 Å². The van der Waals surface area contributed by atoms with Crippen molar-refractivity contribution in [3.05, 3.63) is 28.2 Å². The lowest BCUT2D eigenvalue weighted by molar-refractivity contribution is 0.101. The quantitative estimate of drug-likeness (QED) is 0.633. The fourth-order valence-corrected chi connectivity index (χ4v) is 0.970. The third kappa shape index (κ3) is 1.53. The molecule has 0 aliphatic carbocycles. The van der Waals surface area contributed by atoms with Crippen LogP contribution in [0, 0.1) is 0 Å². The van der Waals surface area contributed by atoms with Crippen LogP contribution >= 0.6 is 0 Å². The maximum Gasteiger partial charge on any atom is 0.248 e. The van der Waals surface area contributed by atoms with Gasteiger partial charge in [0.15, 0.2) is 5.78 Å². The first kappa shape index (κ1) is 8.52. The fraction of sp³-hybridized carbons (Fsp3) is 0.250. The number of aromatic amines is 1. The molecule has 0 radical (unpaired) electrons. The van der Waals surface area contributed by atoms with Gasteiger partial charge in [-0.25, -0.2) is 0 Å². The Hall–Kier alpha value is -1.58. The fourth-order valence-electron chi connectivity index (χ4n) is 0.970. The Morgan fingerprint density at radius 2 is 2.25 bits per heavy atom. The number of rotatable bonds is 2. The second-order valence-electron chi connectivity index (χ2n) is 2.43. The molecule has 2 N–H and O–H groups in total. The topological polar surface area (TPSA) is 62.0 Å². The van der Waals surface area contributed by atoms with Crippen molar-refractivity contribution in [2.75, 3.05) is 12.4 Å². The highest BCUT2D eigenvalue weighted by Gasteiger charge is 2.05. The molecule has 0 amide bonds. The zero-order valence-corrected chi connectivity index (χ0v) is 6.97. The molecule has 4 heteroatoms. The molecule has 1 aromatic rings. The van der Waals surface area contributed by atoms with Gasteiger partial charge in [0.25, 0.3) is 0 Å². The van der Waals surface area contributed by atoms with Gasteiger partial charge < -0.3 is 10.3 Å². The Kier molecular flexibility index (Phi) is 2.28. The standard InChI is InChI=1S/C8H10N2O2/c1-5(11)6-3-8(12)10-4-7(6)9-2/h3-4,9H,1-2H3,(H,10,12). The van der Waals surface area contributed by atoms with Gasteiger partial charge in [-0.15, -0.1) is 0 Å². The average Bonchev–Trinajstić information content (AvgIpc) is 2.04. The van der Waals surface area contributed by atoms with E-state index >= 15 is 0 Å². The van der Waals surface area contributed by atoms with E-state index in [1.165, 1.54) is 19.2 Å². The van der Waals surface area contributed by atoms with Crippen LogP contribution in [0.5, 0.6) is 0 Å². The number of H-pyrrole nitrogens is 1. The number of hydrogen-bond donors (Lipinski definition) is 2. The Morgan fingerprint density at radius 3 is 2.75 bits per heavy atom. The molecule has 0 aliphatic heterocycles. The Morgan fingerprint density at radius 1 is 1.58 bits per heavy atom. The Balaban J connectivity index is 3.31. The molecular weight excluding hydrogens is 156 g/mol. The number of ketones is 1. The number of hydrogen-bond acceptors (Lipinski definition) is 3. The first-order chi connectivity index (χ1) is 5.65. The van der Waals surface area contributed by atoms with Crippen molar-refractivity contribution in [1.82, 2.24) is 4.98 Å². The van der Waals surface area contributed by atoms with Crippen molar-refractivity contribution < 1.29 is 4.79 Å². The number of carbonyl (C=O) groups is 1. The van der Waals surface area contributed by atoms with Crippen LogP contribution in [0.15, 0.2) is 17.1 Å². The summed E-state index contributed by atoms with van der Waals surface area (Å²) in [6.45, 7) is 1.43. The number of aromatic nitrogens is 1. The van der Waals surface area contributed by atoms with Crippen LogP contribution in [0.1, 0.15) is 17.3 Å². The summed E-state index contributed by atoms with van der Waals surface area (Å²) in [7, 11) is 1.69. The second-order valence-corrected chi connectivity index (χ2v) is 2.43. The van der Waals surface area contributed by atoms with Crippen molar-refractivity contribution in [3.63, 3.8) is 0 Å². The van der Waals surface area contributed by atoms with E-state index in [-0.39, 0.29) is 11.3 Å². The van der Waals surface area contributed by atoms with Crippen molar-refractivity contribution in [3.8, 4) is 0 Å². The van der Waals surface area contributed by atoms with E-state index in [4.69, 9.17) is 0 Å². The number of carbonyl (C=O) groups excluding carboxylic acids is 1. The van der Waals surface area contributed by atoms with Crippen LogP contribution in [0.25, 0.3) is 0 Å². The SMILES string of the molecule is CNc1c[nH]c(=O)cc1C(C)=O. The van der Waals surface area contributed by atoms with Crippen LogP contribution in [0.3, 0.4) is 0 Å². The summed E-state index contributed by atoms with van der Waals surface area (Å²) in [5.41, 5.74) is 0.794. The highest BCUT2D eigenvalue weighted by Crippen LogP contribution is 2.10. The number of Topliss-reactive ketones (excluding diaryl/α,β-unsaturated/α-hetero) is 1. The van der Waals surface area contributed by atoms with Gasteiger partial charge >= 0.3 is 0 Å². The van der Waals surface area contributed by atoms with Gasteiger partial charge in [0.2, 0.25) is 5.56 Å². The summed E-state index contributed by atoms with van der Waals surface area (Å²) in [5.74, 6) is -0.120. The minimum Gasteiger partial charge on any atom is -0.386 e. The Bertz CT molecular complexity index is 354. The van der Waals surface area contributed by atoms with Gasteiger partial charge in [0, 0.05) is 24.9 Å². The average molecular weight is 166 g/mol. The van der Waals surface area contributed by atoms with Crippen molar-refractivity contribution in [1.29, 1.82) is 0 Å². The number of nitrogens with one attached hydrogen (secondary N) is 2. The summed E-state index contributed by atoms with van der Waals surface area (Å²) in [4.78, 5) is 24.3. The van der Waals surface area contributed by atoms with Crippen molar-refractivity contribution >= 4 is 11.5 Å². The highest BCUT2D eigenvalue weighted by molar-refractivity contribution is 5.99.